The van der Waals surface area contributed by atoms with E-state index in [0.29, 0.717) is 13.2 Å². The molecule has 3 aliphatic heterocycles. The summed E-state index contributed by atoms with van der Waals surface area (Å²) in [6.45, 7) is 4.98. The van der Waals surface area contributed by atoms with Crippen LogP contribution in [0.15, 0.2) is 12.2 Å². The summed E-state index contributed by atoms with van der Waals surface area (Å²) in [7, 11) is 0. The summed E-state index contributed by atoms with van der Waals surface area (Å²) in [5.74, 6) is -0.333. The summed E-state index contributed by atoms with van der Waals surface area (Å²) >= 11 is 0. The summed E-state index contributed by atoms with van der Waals surface area (Å²) in [4.78, 5) is 11.7. The van der Waals surface area contributed by atoms with Crippen molar-refractivity contribution in [3.05, 3.63) is 12.2 Å². The molecular formula is C13H18O6. The van der Waals surface area contributed by atoms with Crippen LogP contribution in [0.25, 0.3) is 0 Å². The summed E-state index contributed by atoms with van der Waals surface area (Å²) in [6, 6.07) is 0. The van der Waals surface area contributed by atoms with Crippen molar-refractivity contribution in [2.24, 2.45) is 5.41 Å². The van der Waals surface area contributed by atoms with Gasteiger partial charge in [0.1, 0.15) is 19.0 Å². The molecule has 0 N–H and O–H groups in total. The fraction of sp³-hybridized carbons (Fsp3) is 0.769. The van der Waals surface area contributed by atoms with Crippen LogP contribution >= 0.6 is 0 Å². The second-order valence-corrected chi connectivity index (χ2v) is 5.66. The van der Waals surface area contributed by atoms with Crippen LogP contribution in [0.2, 0.25) is 0 Å². The van der Waals surface area contributed by atoms with Crippen LogP contribution in [-0.2, 0) is 28.5 Å². The fourth-order valence-electron chi connectivity index (χ4n) is 2.39. The zero-order valence-corrected chi connectivity index (χ0v) is 11.0. The van der Waals surface area contributed by atoms with Crippen molar-refractivity contribution in [2.75, 3.05) is 20.0 Å². The zero-order valence-electron chi connectivity index (χ0n) is 11.0. The van der Waals surface area contributed by atoms with Gasteiger partial charge in [0.05, 0.1) is 13.2 Å². The van der Waals surface area contributed by atoms with Crippen molar-refractivity contribution < 1.29 is 28.5 Å². The van der Waals surface area contributed by atoms with Crippen LogP contribution in [0.5, 0.6) is 0 Å². The van der Waals surface area contributed by atoms with Crippen LogP contribution in [0, 0.1) is 5.41 Å². The Morgan fingerprint density at radius 2 is 2.21 bits per heavy atom. The number of carbonyl (C=O) groups is 1. The van der Waals surface area contributed by atoms with E-state index in [1.807, 2.05) is 19.9 Å². The highest BCUT2D eigenvalue weighted by molar-refractivity contribution is 5.77. The molecule has 0 aromatic rings. The Morgan fingerprint density at radius 3 is 2.95 bits per heavy atom. The van der Waals surface area contributed by atoms with Gasteiger partial charge in [-0.2, -0.15) is 0 Å². The molecule has 0 bridgehead atoms. The summed E-state index contributed by atoms with van der Waals surface area (Å²) in [5, 5.41) is 0. The molecule has 0 unspecified atom stereocenters. The lowest BCUT2D eigenvalue weighted by Gasteiger charge is -2.36. The predicted octanol–water partition coefficient (Wildman–Crippen LogP) is 0.609. The van der Waals surface area contributed by atoms with E-state index in [4.69, 9.17) is 23.7 Å². The number of hydrogen-bond acceptors (Lipinski definition) is 6. The molecule has 0 amide bonds. The number of hydrogen-bond donors (Lipinski definition) is 0. The highest BCUT2D eigenvalue weighted by atomic mass is 16.7. The topological polar surface area (TPSA) is 63.2 Å². The standard InChI is InChI=1S/C13H18O6/c1-13(2)6-16-12(14)11(13)19-10-4-3-8-9(18-10)5-15-7-17-8/h3-4,8-11H,5-7H2,1-2H3/t8-,9+,10+,11-/m0/s1. The second kappa shape index (κ2) is 4.86. The van der Waals surface area contributed by atoms with Crippen LogP contribution < -0.4 is 0 Å². The van der Waals surface area contributed by atoms with Crippen molar-refractivity contribution >= 4 is 5.97 Å². The molecular weight excluding hydrogens is 252 g/mol. The monoisotopic (exact) mass is 270 g/mol. The first kappa shape index (κ1) is 13.1. The Balaban J connectivity index is 1.66. The maximum Gasteiger partial charge on any atom is 0.336 e. The third kappa shape index (κ3) is 2.53. The molecule has 0 aromatic heterocycles. The van der Waals surface area contributed by atoms with Crippen molar-refractivity contribution in [2.45, 2.75) is 38.4 Å². The van der Waals surface area contributed by atoms with Gasteiger partial charge < -0.3 is 23.7 Å². The van der Waals surface area contributed by atoms with Crippen LogP contribution in [0.1, 0.15) is 13.8 Å². The normalized spacial score (nSPS) is 40.8. The highest BCUT2D eigenvalue weighted by Gasteiger charge is 2.46. The Labute approximate surface area is 111 Å². The molecule has 0 aliphatic carbocycles. The summed E-state index contributed by atoms with van der Waals surface area (Å²) < 4.78 is 27.1. The number of fused-ring (bicyclic) bond motifs is 1. The molecule has 2 fully saturated rings. The quantitative estimate of drug-likeness (QED) is 0.541. The van der Waals surface area contributed by atoms with Gasteiger partial charge in [-0.15, -0.1) is 0 Å². The molecule has 106 valence electrons. The van der Waals surface area contributed by atoms with Gasteiger partial charge in [-0.1, -0.05) is 19.9 Å². The number of carbonyl (C=O) groups excluding carboxylic acids is 1. The van der Waals surface area contributed by atoms with Crippen molar-refractivity contribution in [3.63, 3.8) is 0 Å². The third-order valence-electron chi connectivity index (χ3n) is 3.54. The van der Waals surface area contributed by atoms with Gasteiger partial charge in [0.2, 0.25) is 0 Å². The third-order valence-corrected chi connectivity index (χ3v) is 3.54. The second-order valence-electron chi connectivity index (χ2n) is 5.66. The Kier molecular flexibility index (Phi) is 3.34. The average Bonchev–Trinajstić information content (AvgIpc) is 2.66. The van der Waals surface area contributed by atoms with E-state index >= 15 is 0 Å². The van der Waals surface area contributed by atoms with Gasteiger partial charge in [0, 0.05) is 5.41 Å². The predicted molar refractivity (Wildman–Crippen MR) is 63.1 cm³/mol. The van der Waals surface area contributed by atoms with E-state index in [0.717, 1.165) is 0 Å². The Bertz CT molecular complexity index is 391. The molecule has 0 radical (unpaired) electrons. The molecule has 3 aliphatic rings. The largest absolute Gasteiger partial charge is 0.463 e. The molecule has 0 saturated carbocycles. The molecule has 4 atom stereocenters. The maximum absolute atomic E-state index is 11.7. The van der Waals surface area contributed by atoms with Gasteiger partial charge >= 0.3 is 5.97 Å². The molecule has 0 spiro atoms. The fourth-order valence-corrected chi connectivity index (χ4v) is 2.39. The molecule has 19 heavy (non-hydrogen) atoms. The van der Waals surface area contributed by atoms with Gasteiger partial charge in [-0.3, -0.25) is 0 Å². The molecule has 3 heterocycles. The molecule has 6 heteroatoms. The number of cyclic esters (lactones) is 1. The molecule has 3 rings (SSSR count). The minimum absolute atomic E-state index is 0.0999. The van der Waals surface area contributed by atoms with E-state index in [1.54, 1.807) is 6.08 Å². The minimum Gasteiger partial charge on any atom is -0.463 e. The van der Waals surface area contributed by atoms with Crippen LogP contribution in [0.3, 0.4) is 0 Å². The Morgan fingerprint density at radius 1 is 1.37 bits per heavy atom. The van der Waals surface area contributed by atoms with Crippen LogP contribution in [-0.4, -0.2) is 50.6 Å². The number of ether oxygens (including phenoxy) is 5. The lowest BCUT2D eigenvalue weighted by atomic mass is 9.90. The van der Waals surface area contributed by atoms with E-state index in [2.05, 4.69) is 0 Å². The van der Waals surface area contributed by atoms with Crippen LogP contribution in [0.4, 0.5) is 0 Å². The molecule has 2 saturated heterocycles. The van der Waals surface area contributed by atoms with Gasteiger partial charge in [0.15, 0.2) is 12.4 Å². The van der Waals surface area contributed by atoms with E-state index in [-0.39, 0.29) is 30.4 Å². The van der Waals surface area contributed by atoms with Gasteiger partial charge in [-0.25, -0.2) is 4.79 Å². The van der Waals surface area contributed by atoms with E-state index < -0.39 is 12.4 Å². The minimum atomic E-state index is -0.607. The first-order chi connectivity index (χ1) is 9.06. The van der Waals surface area contributed by atoms with Crippen molar-refractivity contribution in [3.8, 4) is 0 Å². The van der Waals surface area contributed by atoms with E-state index in [1.165, 1.54) is 0 Å². The number of esters is 1. The van der Waals surface area contributed by atoms with Crippen molar-refractivity contribution in [1.82, 2.24) is 0 Å². The smallest absolute Gasteiger partial charge is 0.336 e. The highest BCUT2D eigenvalue weighted by Crippen LogP contribution is 2.33. The number of rotatable bonds is 2. The zero-order chi connectivity index (χ0) is 13.5. The molecule has 0 aromatic carbocycles. The van der Waals surface area contributed by atoms with E-state index in [9.17, 15) is 4.79 Å². The summed E-state index contributed by atoms with van der Waals surface area (Å²) in [6.07, 6.45) is 2.20. The van der Waals surface area contributed by atoms with Gasteiger partial charge in [0.25, 0.3) is 0 Å². The lowest BCUT2D eigenvalue weighted by Crippen LogP contribution is -2.46. The van der Waals surface area contributed by atoms with Gasteiger partial charge in [-0.05, 0) is 6.08 Å². The first-order valence-electron chi connectivity index (χ1n) is 6.41. The summed E-state index contributed by atoms with van der Waals surface area (Å²) in [5.41, 5.74) is -0.343. The maximum atomic E-state index is 11.7. The van der Waals surface area contributed by atoms with Crippen molar-refractivity contribution in [1.29, 1.82) is 0 Å². The Hall–Kier alpha value is -0.950. The first-order valence-corrected chi connectivity index (χ1v) is 6.41. The lowest BCUT2D eigenvalue weighted by molar-refractivity contribution is -0.254. The molecule has 6 nitrogen and oxygen atoms in total. The average molecular weight is 270 g/mol. The SMILES string of the molecule is CC1(C)COC(=O)[C@@H]1O[C@@H]1C=C[C@@H]2OCOC[C@H]2O1.